The number of carbonyl (C=O) groups excluding carboxylic acids is 1. The van der Waals surface area contributed by atoms with Crippen molar-refractivity contribution in [3.8, 4) is 5.75 Å². The van der Waals surface area contributed by atoms with Gasteiger partial charge in [0.1, 0.15) is 5.75 Å². The van der Waals surface area contributed by atoms with Gasteiger partial charge in [0.25, 0.3) is 5.91 Å². The molecule has 4 nitrogen and oxygen atoms in total. The van der Waals surface area contributed by atoms with E-state index >= 15 is 0 Å². The van der Waals surface area contributed by atoms with E-state index in [4.69, 9.17) is 4.74 Å². The van der Waals surface area contributed by atoms with Crippen molar-refractivity contribution in [1.82, 2.24) is 10.6 Å². The predicted molar refractivity (Wildman–Crippen MR) is 71.3 cm³/mol. The van der Waals surface area contributed by atoms with Crippen LogP contribution in [0.4, 0.5) is 0 Å². The zero-order chi connectivity index (χ0) is 11.8. The minimum Gasteiger partial charge on any atom is -0.497 e. The number of benzene rings is 1. The maximum absolute atomic E-state index is 12.0. The molecular weight excluding hydrogens is 252 g/mol. The van der Waals surface area contributed by atoms with Crippen molar-refractivity contribution in [2.24, 2.45) is 11.8 Å². The van der Waals surface area contributed by atoms with Gasteiger partial charge in [-0.25, -0.2) is 0 Å². The molecule has 1 saturated carbocycles. The van der Waals surface area contributed by atoms with Crippen LogP contribution in [-0.4, -0.2) is 32.1 Å². The lowest BCUT2D eigenvalue weighted by atomic mass is 10.2. The Hall–Kier alpha value is -1.26. The minimum absolute atomic E-state index is 0. The molecule has 2 fully saturated rings. The highest BCUT2D eigenvalue weighted by Gasteiger charge is 2.53. The van der Waals surface area contributed by atoms with Crippen LogP contribution in [0.2, 0.25) is 0 Å². The van der Waals surface area contributed by atoms with Crippen molar-refractivity contribution >= 4 is 18.3 Å². The molecule has 18 heavy (non-hydrogen) atoms. The fourth-order valence-corrected chi connectivity index (χ4v) is 2.63. The summed E-state index contributed by atoms with van der Waals surface area (Å²) in [5.41, 5.74) is 0.669. The number of halogens is 1. The largest absolute Gasteiger partial charge is 0.497 e. The fourth-order valence-electron chi connectivity index (χ4n) is 2.63. The number of ether oxygens (including phenoxy) is 1. The lowest BCUT2D eigenvalue weighted by Gasteiger charge is -2.08. The second kappa shape index (κ2) is 5.16. The van der Waals surface area contributed by atoms with E-state index in [1.165, 1.54) is 0 Å². The normalized spacial score (nSPS) is 27.9. The molecule has 1 aromatic rings. The van der Waals surface area contributed by atoms with Gasteiger partial charge in [0.2, 0.25) is 0 Å². The molecule has 2 atom stereocenters. The number of piperidine rings is 1. The van der Waals surface area contributed by atoms with Gasteiger partial charge < -0.3 is 15.4 Å². The van der Waals surface area contributed by atoms with E-state index < -0.39 is 0 Å². The Balaban J connectivity index is 0.00000120. The first kappa shape index (κ1) is 13.2. The van der Waals surface area contributed by atoms with Crippen LogP contribution in [0.15, 0.2) is 24.3 Å². The Morgan fingerprint density at radius 1 is 1.39 bits per heavy atom. The van der Waals surface area contributed by atoms with Crippen LogP contribution in [0, 0.1) is 11.8 Å². The average molecular weight is 269 g/mol. The van der Waals surface area contributed by atoms with Gasteiger partial charge in [-0.15, -0.1) is 12.4 Å². The van der Waals surface area contributed by atoms with Crippen LogP contribution in [0.5, 0.6) is 5.75 Å². The number of nitrogens with one attached hydrogen (secondary N) is 2. The Kier molecular flexibility index (Phi) is 3.78. The summed E-state index contributed by atoms with van der Waals surface area (Å²) in [6, 6.07) is 7.63. The molecule has 98 valence electrons. The molecule has 0 bridgehead atoms. The Bertz CT molecular complexity index is 442. The summed E-state index contributed by atoms with van der Waals surface area (Å²) < 4.78 is 5.11. The van der Waals surface area contributed by atoms with E-state index in [1.807, 2.05) is 18.2 Å². The predicted octanol–water partition coefficient (Wildman–Crippen LogP) is 1.06. The van der Waals surface area contributed by atoms with Gasteiger partial charge in [-0.2, -0.15) is 0 Å². The van der Waals surface area contributed by atoms with E-state index in [2.05, 4.69) is 10.6 Å². The highest BCUT2D eigenvalue weighted by Crippen LogP contribution is 2.41. The molecular formula is C13H17ClN2O2. The maximum atomic E-state index is 12.0. The minimum atomic E-state index is 0. The van der Waals surface area contributed by atoms with Crippen LogP contribution >= 0.6 is 12.4 Å². The molecule has 2 aliphatic rings. The lowest BCUT2D eigenvalue weighted by Crippen LogP contribution is -2.32. The van der Waals surface area contributed by atoms with Crippen LogP contribution < -0.4 is 15.4 Å². The number of rotatable bonds is 3. The molecule has 1 aliphatic heterocycles. The summed E-state index contributed by atoms with van der Waals surface area (Å²) in [5.74, 6) is 2.01. The van der Waals surface area contributed by atoms with Crippen molar-refractivity contribution in [2.45, 2.75) is 6.04 Å². The van der Waals surface area contributed by atoms with Gasteiger partial charge >= 0.3 is 0 Å². The standard InChI is InChI=1S/C13H16N2O2.ClH/c1-17-9-4-2-3-8(5-9)13(16)15-12-10-6-14-7-11(10)12;/h2-5,10-12,14H,6-7H2,1H3,(H,15,16);1H. The van der Waals surface area contributed by atoms with Crippen molar-refractivity contribution in [3.05, 3.63) is 29.8 Å². The summed E-state index contributed by atoms with van der Waals surface area (Å²) in [6.45, 7) is 2.07. The maximum Gasteiger partial charge on any atom is 0.251 e. The van der Waals surface area contributed by atoms with Gasteiger partial charge in [-0.3, -0.25) is 4.79 Å². The topological polar surface area (TPSA) is 50.4 Å². The number of carbonyl (C=O) groups is 1. The number of hydrogen-bond acceptors (Lipinski definition) is 3. The lowest BCUT2D eigenvalue weighted by molar-refractivity contribution is 0.0946. The van der Waals surface area contributed by atoms with Gasteiger partial charge in [-0.05, 0) is 30.0 Å². The van der Waals surface area contributed by atoms with Crippen LogP contribution in [0.3, 0.4) is 0 Å². The Morgan fingerprint density at radius 2 is 2.11 bits per heavy atom. The second-order valence-corrected chi connectivity index (χ2v) is 4.72. The van der Waals surface area contributed by atoms with Crippen LogP contribution in [-0.2, 0) is 0 Å². The van der Waals surface area contributed by atoms with Crippen molar-refractivity contribution in [3.63, 3.8) is 0 Å². The average Bonchev–Trinajstić information content (AvgIpc) is 2.80. The molecule has 3 rings (SSSR count). The number of methoxy groups -OCH3 is 1. The molecule has 5 heteroatoms. The van der Waals surface area contributed by atoms with E-state index in [0.29, 0.717) is 23.4 Å². The molecule has 2 unspecified atom stereocenters. The molecule has 0 aromatic heterocycles. The number of amides is 1. The summed E-state index contributed by atoms with van der Waals surface area (Å²) in [5, 5.41) is 6.40. The third-order valence-electron chi connectivity index (χ3n) is 3.72. The summed E-state index contributed by atoms with van der Waals surface area (Å²) in [6.07, 6.45) is 0. The van der Waals surface area contributed by atoms with E-state index in [-0.39, 0.29) is 18.3 Å². The van der Waals surface area contributed by atoms with Gasteiger partial charge in [-0.1, -0.05) is 6.07 Å². The van der Waals surface area contributed by atoms with E-state index in [1.54, 1.807) is 13.2 Å². The van der Waals surface area contributed by atoms with Crippen molar-refractivity contribution in [1.29, 1.82) is 0 Å². The summed E-state index contributed by atoms with van der Waals surface area (Å²) in [4.78, 5) is 12.0. The zero-order valence-corrected chi connectivity index (χ0v) is 11.0. The monoisotopic (exact) mass is 268 g/mol. The first-order chi connectivity index (χ1) is 8.29. The van der Waals surface area contributed by atoms with E-state index in [0.717, 1.165) is 18.8 Å². The molecule has 0 radical (unpaired) electrons. The summed E-state index contributed by atoms with van der Waals surface area (Å²) >= 11 is 0. The van der Waals surface area contributed by atoms with Crippen LogP contribution in [0.25, 0.3) is 0 Å². The Morgan fingerprint density at radius 3 is 2.78 bits per heavy atom. The van der Waals surface area contributed by atoms with Crippen molar-refractivity contribution < 1.29 is 9.53 Å². The SMILES string of the molecule is COc1cccc(C(=O)NC2C3CNCC32)c1.Cl. The van der Waals surface area contributed by atoms with Crippen molar-refractivity contribution in [2.75, 3.05) is 20.2 Å². The van der Waals surface area contributed by atoms with E-state index in [9.17, 15) is 4.79 Å². The van der Waals surface area contributed by atoms with Gasteiger partial charge in [0.05, 0.1) is 7.11 Å². The molecule has 1 aromatic carbocycles. The third kappa shape index (κ3) is 2.31. The first-order valence-corrected chi connectivity index (χ1v) is 5.95. The second-order valence-electron chi connectivity index (χ2n) is 4.72. The molecule has 1 saturated heterocycles. The van der Waals surface area contributed by atoms with Gasteiger partial charge in [0.15, 0.2) is 0 Å². The molecule has 1 heterocycles. The Labute approximate surface area is 113 Å². The highest BCUT2D eigenvalue weighted by atomic mass is 35.5. The molecule has 1 amide bonds. The fraction of sp³-hybridized carbons (Fsp3) is 0.462. The number of fused-ring (bicyclic) bond motifs is 1. The number of hydrogen-bond donors (Lipinski definition) is 2. The molecule has 1 aliphatic carbocycles. The third-order valence-corrected chi connectivity index (χ3v) is 3.72. The summed E-state index contributed by atoms with van der Waals surface area (Å²) in [7, 11) is 1.61. The molecule has 2 N–H and O–H groups in total. The highest BCUT2D eigenvalue weighted by molar-refractivity contribution is 5.95. The smallest absolute Gasteiger partial charge is 0.251 e. The molecule has 0 spiro atoms. The zero-order valence-electron chi connectivity index (χ0n) is 10.2. The van der Waals surface area contributed by atoms with Crippen LogP contribution in [0.1, 0.15) is 10.4 Å². The first-order valence-electron chi connectivity index (χ1n) is 5.95. The quantitative estimate of drug-likeness (QED) is 0.862. The van der Waals surface area contributed by atoms with Gasteiger partial charge in [0, 0.05) is 24.7 Å².